The van der Waals surface area contributed by atoms with Gasteiger partial charge in [0, 0.05) is 35.9 Å². The number of likely N-dealkylation sites (tertiary alicyclic amines) is 1. The summed E-state index contributed by atoms with van der Waals surface area (Å²) in [6.07, 6.45) is 6.66. The van der Waals surface area contributed by atoms with Crippen LogP contribution < -0.4 is 4.74 Å². The second kappa shape index (κ2) is 6.48. The molecule has 2 bridgehead atoms. The third kappa shape index (κ3) is 2.43. The van der Waals surface area contributed by atoms with Crippen LogP contribution in [0.2, 0.25) is 0 Å². The van der Waals surface area contributed by atoms with Gasteiger partial charge in [-0.15, -0.1) is 0 Å². The van der Waals surface area contributed by atoms with Gasteiger partial charge >= 0.3 is 0 Å². The molecule has 0 aromatic heterocycles. The Kier molecular flexibility index (Phi) is 4.28. The number of Topliss-reactive ketones (excluding diaryl/α,β-unsaturated/α-hetero) is 1. The largest absolute Gasteiger partial charge is 0.504 e. The Morgan fingerprint density at radius 1 is 1.29 bits per heavy atom. The normalized spacial score (nSPS) is 37.8. The summed E-state index contributed by atoms with van der Waals surface area (Å²) in [5, 5.41) is 11.1. The van der Waals surface area contributed by atoms with E-state index in [1.807, 2.05) is 6.07 Å². The number of carbonyl (C=O) groups excluding carboxylic acids is 1. The molecule has 28 heavy (non-hydrogen) atoms. The molecule has 1 aromatic carbocycles. The molecule has 3 fully saturated rings. The summed E-state index contributed by atoms with van der Waals surface area (Å²) in [5.74, 6) is 2.93. The SMILES string of the molecule is COc1ccc2c(c1O)[C@]13CCN(CC4CCC4)[C@H](C2)[C@@H]1[C@@H](C)[C@H](C)C(=O)C3. The molecule has 1 heterocycles. The standard InChI is InChI=1S/C24H33NO3/c1-14-15(2)21-18-11-17-7-8-20(28-3)23(27)22(17)24(21,12-19(14)26)9-10-25(18)13-16-5-4-6-16/h7-8,14-16,18,21,27H,4-6,9-13H2,1-3H3/t14-,15-,18+,21-,24-/m0/s1. The molecule has 4 aliphatic rings. The first-order valence-electron chi connectivity index (χ1n) is 11.1. The highest BCUT2D eigenvalue weighted by molar-refractivity contribution is 5.84. The van der Waals surface area contributed by atoms with Gasteiger partial charge in [0.15, 0.2) is 11.5 Å². The monoisotopic (exact) mass is 383 g/mol. The van der Waals surface area contributed by atoms with E-state index in [1.54, 1.807) is 7.11 Å². The van der Waals surface area contributed by atoms with Crippen molar-refractivity contribution in [2.75, 3.05) is 20.2 Å². The molecule has 1 aromatic rings. The quantitative estimate of drug-likeness (QED) is 0.859. The average molecular weight is 384 g/mol. The number of rotatable bonds is 3. The third-order valence-electron chi connectivity index (χ3n) is 8.81. The van der Waals surface area contributed by atoms with Crippen molar-refractivity contribution in [1.29, 1.82) is 0 Å². The molecule has 1 N–H and O–H groups in total. The maximum Gasteiger partial charge on any atom is 0.161 e. The van der Waals surface area contributed by atoms with E-state index >= 15 is 0 Å². The highest BCUT2D eigenvalue weighted by Crippen LogP contribution is 2.61. The van der Waals surface area contributed by atoms with Crippen LogP contribution in [0.15, 0.2) is 12.1 Å². The molecule has 1 saturated heterocycles. The Labute approximate surface area is 168 Å². The van der Waals surface area contributed by atoms with Crippen molar-refractivity contribution in [3.05, 3.63) is 23.3 Å². The summed E-state index contributed by atoms with van der Waals surface area (Å²) in [6.45, 7) is 6.65. The zero-order valence-corrected chi connectivity index (χ0v) is 17.4. The predicted molar refractivity (Wildman–Crippen MR) is 109 cm³/mol. The van der Waals surface area contributed by atoms with Gasteiger partial charge in [0.05, 0.1) is 7.11 Å². The molecule has 0 radical (unpaired) electrons. The van der Waals surface area contributed by atoms with E-state index in [1.165, 1.54) is 31.4 Å². The number of ketones is 1. The number of phenolic OH excluding ortho intramolecular Hbond substituents is 1. The van der Waals surface area contributed by atoms with Crippen molar-refractivity contribution >= 4 is 5.78 Å². The molecule has 4 heteroatoms. The molecule has 0 amide bonds. The minimum absolute atomic E-state index is 0.110. The van der Waals surface area contributed by atoms with Gasteiger partial charge in [0.25, 0.3) is 0 Å². The second-order valence-electron chi connectivity index (χ2n) is 9.94. The number of fused-ring (bicyclic) bond motifs is 1. The van der Waals surface area contributed by atoms with Crippen molar-refractivity contribution in [3.63, 3.8) is 0 Å². The van der Waals surface area contributed by atoms with Crippen molar-refractivity contribution in [2.24, 2.45) is 23.7 Å². The molecule has 0 spiro atoms. The number of hydrogen-bond acceptors (Lipinski definition) is 4. The van der Waals surface area contributed by atoms with E-state index in [2.05, 4.69) is 24.8 Å². The Bertz CT molecular complexity index is 801. The fourth-order valence-electron chi connectivity index (χ4n) is 7.01. The number of aromatic hydroxyl groups is 1. The van der Waals surface area contributed by atoms with Gasteiger partial charge in [-0.25, -0.2) is 0 Å². The Morgan fingerprint density at radius 3 is 2.75 bits per heavy atom. The van der Waals surface area contributed by atoms with Crippen LogP contribution >= 0.6 is 0 Å². The van der Waals surface area contributed by atoms with Crippen molar-refractivity contribution in [2.45, 2.75) is 63.8 Å². The number of methoxy groups -OCH3 is 1. The molecule has 3 aliphatic carbocycles. The van der Waals surface area contributed by atoms with Gasteiger partial charge in [-0.05, 0) is 61.6 Å². The van der Waals surface area contributed by atoms with Gasteiger partial charge in [0.1, 0.15) is 5.78 Å². The lowest BCUT2D eigenvalue weighted by Gasteiger charge is -2.62. The topological polar surface area (TPSA) is 49.8 Å². The maximum absolute atomic E-state index is 13.0. The molecule has 0 unspecified atom stereocenters. The van der Waals surface area contributed by atoms with Gasteiger partial charge in [-0.3, -0.25) is 9.69 Å². The number of ether oxygens (including phenoxy) is 1. The van der Waals surface area contributed by atoms with E-state index in [9.17, 15) is 9.90 Å². The van der Waals surface area contributed by atoms with Crippen molar-refractivity contribution in [3.8, 4) is 11.5 Å². The van der Waals surface area contributed by atoms with E-state index in [4.69, 9.17) is 4.74 Å². The second-order valence-corrected chi connectivity index (χ2v) is 9.94. The highest BCUT2D eigenvalue weighted by atomic mass is 16.5. The number of piperidine rings is 1. The van der Waals surface area contributed by atoms with Crippen LogP contribution in [0.1, 0.15) is 57.1 Å². The molecule has 2 saturated carbocycles. The number of phenols is 1. The first-order chi connectivity index (χ1) is 13.5. The number of carbonyl (C=O) groups is 1. The summed E-state index contributed by atoms with van der Waals surface area (Å²) in [6, 6.07) is 4.52. The number of benzene rings is 1. The van der Waals surface area contributed by atoms with Crippen LogP contribution in [0, 0.1) is 23.7 Å². The van der Waals surface area contributed by atoms with E-state index in [-0.39, 0.29) is 17.1 Å². The van der Waals surface area contributed by atoms with Crippen LogP contribution in [0.5, 0.6) is 11.5 Å². The van der Waals surface area contributed by atoms with E-state index < -0.39 is 0 Å². The summed E-state index contributed by atoms with van der Waals surface area (Å²) in [4.78, 5) is 15.8. The van der Waals surface area contributed by atoms with E-state index in [0.717, 1.165) is 30.9 Å². The Balaban J connectivity index is 1.63. The molecule has 152 valence electrons. The average Bonchev–Trinajstić information content (AvgIpc) is 2.63. The lowest BCUT2D eigenvalue weighted by Crippen LogP contribution is -2.65. The third-order valence-corrected chi connectivity index (χ3v) is 8.81. The molecule has 5 atom stereocenters. The van der Waals surface area contributed by atoms with Gasteiger partial charge in [-0.2, -0.15) is 0 Å². The molecular weight excluding hydrogens is 350 g/mol. The number of nitrogens with zero attached hydrogens (tertiary/aromatic N) is 1. The first kappa shape index (κ1) is 18.5. The number of hydrogen-bond donors (Lipinski definition) is 1. The zero-order chi connectivity index (χ0) is 19.6. The molecule has 1 aliphatic heterocycles. The minimum Gasteiger partial charge on any atom is -0.504 e. The Morgan fingerprint density at radius 2 is 2.07 bits per heavy atom. The van der Waals surface area contributed by atoms with Gasteiger partial charge in [0.2, 0.25) is 0 Å². The molecule has 5 rings (SSSR count). The van der Waals surface area contributed by atoms with Crippen molar-refractivity contribution < 1.29 is 14.6 Å². The van der Waals surface area contributed by atoms with Crippen molar-refractivity contribution in [1.82, 2.24) is 4.90 Å². The Hall–Kier alpha value is -1.55. The van der Waals surface area contributed by atoms with Gasteiger partial charge < -0.3 is 9.84 Å². The predicted octanol–water partition coefficient (Wildman–Crippen LogP) is 3.93. The summed E-state index contributed by atoms with van der Waals surface area (Å²) in [7, 11) is 1.61. The molecule has 4 nitrogen and oxygen atoms in total. The molecular formula is C24H33NO3. The van der Waals surface area contributed by atoms with Gasteiger partial charge in [-0.1, -0.05) is 26.3 Å². The summed E-state index contributed by atoms with van der Waals surface area (Å²) < 4.78 is 5.45. The summed E-state index contributed by atoms with van der Waals surface area (Å²) >= 11 is 0. The van der Waals surface area contributed by atoms with Crippen LogP contribution in [-0.4, -0.2) is 42.0 Å². The van der Waals surface area contributed by atoms with E-state index in [0.29, 0.717) is 35.8 Å². The zero-order valence-electron chi connectivity index (χ0n) is 17.4. The van der Waals surface area contributed by atoms with Crippen LogP contribution in [0.25, 0.3) is 0 Å². The first-order valence-corrected chi connectivity index (χ1v) is 11.1. The van der Waals surface area contributed by atoms with Crippen LogP contribution in [-0.2, 0) is 16.6 Å². The maximum atomic E-state index is 13.0. The highest BCUT2D eigenvalue weighted by Gasteiger charge is 2.60. The lowest BCUT2D eigenvalue weighted by atomic mass is 9.47. The lowest BCUT2D eigenvalue weighted by molar-refractivity contribution is -0.138. The fourth-order valence-corrected chi connectivity index (χ4v) is 7.01. The van der Waals surface area contributed by atoms with Crippen LogP contribution in [0.4, 0.5) is 0 Å². The summed E-state index contributed by atoms with van der Waals surface area (Å²) in [5.41, 5.74) is 2.03. The fraction of sp³-hybridized carbons (Fsp3) is 0.708. The minimum atomic E-state index is -0.226. The smallest absolute Gasteiger partial charge is 0.161 e. The van der Waals surface area contributed by atoms with Crippen LogP contribution in [0.3, 0.4) is 0 Å².